The number of aryl methyl sites for hydroxylation is 2. The lowest BCUT2D eigenvalue weighted by atomic mass is 10.1. The molecule has 2 rings (SSSR count). The van der Waals surface area contributed by atoms with Gasteiger partial charge in [-0.2, -0.15) is 18.3 Å². The van der Waals surface area contributed by atoms with Gasteiger partial charge in [0.15, 0.2) is 6.10 Å². The maximum atomic E-state index is 12.7. The molecule has 1 atom stereocenters. The number of esters is 1. The number of nitrogens with one attached hydrogen (secondary N) is 1. The number of carbonyl (C=O) groups excluding carboxylic acids is 2. The Balaban J connectivity index is 2.08. The lowest BCUT2D eigenvalue weighted by Crippen LogP contribution is -2.30. The summed E-state index contributed by atoms with van der Waals surface area (Å²) in [6.45, 7) is 4.80. The number of aromatic nitrogens is 2. The summed E-state index contributed by atoms with van der Waals surface area (Å²) in [5.74, 6) is -1.62. The van der Waals surface area contributed by atoms with Crippen molar-refractivity contribution in [2.75, 3.05) is 5.32 Å². The van der Waals surface area contributed by atoms with Crippen LogP contribution in [0.2, 0.25) is 0 Å². The van der Waals surface area contributed by atoms with Gasteiger partial charge in [0.25, 0.3) is 5.91 Å². The molecule has 1 aromatic heterocycles. The number of hydrogen-bond donors (Lipinski definition) is 1. The number of benzene rings is 1. The molecule has 0 aliphatic rings. The summed E-state index contributed by atoms with van der Waals surface area (Å²) in [5, 5.41) is 6.76. The number of amides is 1. The molecule has 0 fully saturated rings. The van der Waals surface area contributed by atoms with Gasteiger partial charge in [-0.15, -0.1) is 0 Å². The van der Waals surface area contributed by atoms with Crippen LogP contribution in [0.3, 0.4) is 0 Å². The van der Waals surface area contributed by atoms with Crippen LogP contribution in [0.5, 0.6) is 0 Å². The Morgan fingerprint density at radius 2 is 1.92 bits per heavy atom. The largest absolute Gasteiger partial charge is 0.449 e. The van der Waals surface area contributed by atoms with Gasteiger partial charge in [-0.3, -0.25) is 9.48 Å². The second-order valence-corrected chi connectivity index (χ2v) is 5.78. The predicted octanol–water partition coefficient (Wildman–Crippen LogP) is 3.24. The maximum absolute atomic E-state index is 12.7. The summed E-state index contributed by atoms with van der Waals surface area (Å²) in [6, 6.07) is 3.83. The van der Waals surface area contributed by atoms with Crippen molar-refractivity contribution >= 4 is 17.6 Å². The fourth-order valence-electron chi connectivity index (χ4n) is 2.28. The van der Waals surface area contributed by atoms with Gasteiger partial charge in [-0.05, 0) is 39.0 Å². The fourth-order valence-corrected chi connectivity index (χ4v) is 2.28. The van der Waals surface area contributed by atoms with Crippen molar-refractivity contribution < 1.29 is 27.5 Å². The minimum Gasteiger partial charge on any atom is -0.449 e. The minimum absolute atomic E-state index is 0.284. The number of carbonyl (C=O) groups is 2. The minimum atomic E-state index is -4.57. The van der Waals surface area contributed by atoms with Crippen LogP contribution in [-0.4, -0.2) is 27.8 Å². The molecule has 140 valence electrons. The Hall–Kier alpha value is -2.84. The van der Waals surface area contributed by atoms with Crippen molar-refractivity contribution in [1.82, 2.24) is 9.78 Å². The van der Waals surface area contributed by atoms with Crippen LogP contribution in [0.25, 0.3) is 0 Å². The molecule has 0 aliphatic carbocycles. The van der Waals surface area contributed by atoms with Crippen LogP contribution in [0.4, 0.5) is 18.9 Å². The van der Waals surface area contributed by atoms with E-state index < -0.39 is 29.7 Å². The average molecular weight is 369 g/mol. The van der Waals surface area contributed by atoms with Gasteiger partial charge in [0, 0.05) is 7.05 Å². The quantitative estimate of drug-likeness (QED) is 0.840. The van der Waals surface area contributed by atoms with E-state index >= 15 is 0 Å². The van der Waals surface area contributed by atoms with Crippen molar-refractivity contribution in [2.24, 2.45) is 7.05 Å². The number of halogens is 3. The molecule has 0 saturated heterocycles. The normalized spacial score (nSPS) is 12.6. The predicted molar refractivity (Wildman–Crippen MR) is 87.6 cm³/mol. The molecule has 0 unspecified atom stereocenters. The van der Waals surface area contributed by atoms with Gasteiger partial charge in [-0.25, -0.2) is 4.79 Å². The first-order chi connectivity index (χ1) is 12.0. The van der Waals surface area contributed by atoms with E-state index in [1.165, 1.54) is 13.0 Å². The molecule has 0 aliphatic heterocycles. The van der Waals surface area contributed by atoms with E-state index in [9.17, 15) is 22.8 Å². The lowest BCUT2D eigenvalue weighted by molar-refractivity contribution is -0.137. The zero-order valence-electron chi connectivity index (χ0n) is 14.6. The maximum Gasteiger partial charge on any atom is 0.416 e. The van der Waals surface area contributed by atoms with E-state index in [1.807, 2.05) is 0 Å². The van der Waals surface area contributed by atoms with Crippen molar-refractivity contribution in [3.63, 3.8) is 0 Å². The first-order valence-electron chi connectivity index (χ1n) is 7.70. The van der Waals surface area contributed by atoms with Crippen molar-refractivity contribution in [1.29, 1.82) is 0 Å². The van der Waals surface area contributed by atoms with Crippen molar-refractivity contribution in [3.05, 3.63) is 46.8 Å². The fraction of sp³-hybridized carbons (Fsp3) is 0.353. The first-order valence-corrected chi connectivity index (χ1v) is 7.70. The van der Waals surface area contributed by atoms with Crippen LogP contribution < -0.4 is 5.32 Å². The number of hydrogen-bond acceptors (Lipinski definition) is 4. The van der Waals surface area contributed by atoms with Crippen LogP contribution in [0.15, 0.2) is 24.3 Å². The average Bonchev–Trinajstić information content (AvgIpc) is 2.80. The lowest BCUT2D eigenvalue weighted by Gasteiger charge is -2.14. The van der Waals surface area contributed by atoms with Crippen LogP contribution in [0, 0.1) is 13.8 Å². The molecule has 1 heterocycles. The molecule has 1 aromatic carbocycles. The number of alkyl halides is 3. The Morgan fingerprint density at radius 3 is 2.46 bits per heavy atom. The van der Waals surface area contributed by atoms with E-state index in [0.29, 0.717) is 23.1 Å². The second kappa shape index (κ2) is 7.19. The third kappa shape index (κ3) is 4.22. The third-order valence-electron chi connectivity index (χ3n) is 3.84. The standard InChI is InChI=1S/C17H18F3N3O3/c1-9-14(10(2)23(4)22-9)21-15(24)11(3)26-16(25)12-6-5-7-13(8-12)17(18,19)20/h5-8,11H,1-4H3,(H,21,24)/t11-/m0/s1. The number of rotatable bonds is 4. The molecule has 0 saturated carbocycles. The Bertz CT molecular complexity index is 844. The van der Waals surface area contributed by atoms with Gasteiger partial charge in [0.05, 0.1) is 28.2 Å². The SMILES string of the molecule is Cc1nn(C)c(C)c1NC(=O)[C@H](C)OC(=O)c1cccc(C(F)(F)F)c1. The monoisotopic (exact) mass is 369 g/mol. The van der Waals surface area contributed by atoms with E-state index in [1.54, 1.807) is 25.6 Å². The summed E-state index contributed by atoms with van der Waals surface area (Å²) in [5.41, 5.74) is 0.556. The first kappa shape index (κ1) is 19.5. The molecule has 0 radical (unpaired) electrons. The highest BCUT2D eigenvalue weighted by Crippen LogP contribution is 2.29. The Morgan fingerprint density at radius 1 is 1.27 bits per heavy atom. The summed E-state index contributed by atoms with van der Waals surface area (Å²) in [4.78, 5) is 24.3. The zero-order chi connectivity index (χ0) is 19.6. The van der Waals surface area contributed by atoms with Gasteiger partial charge in [0.2, 0.25) is 0 Å². The van der Waals surface area contributed by atoms with Crippen molar-refractivity contribution in [2.45, 2.75) is 33.1 Å². The van der Waals surface area contributed by atoms with E-state index in [0.717, 1.165) is 12.1 Å². The van der Waals surface area contributed by atoms with E-state index in [-0.39, 0.29) is 5.56 Å². The highest BCUT2D eigenvalue weighted by atomic mass is 19.4. The van der Waals surface area contributed by atoms with Gasteiger partial charge >= 0.3 is 12.1 Å². The topological polar surface area (TPSA) is 73.2 Å². The summed E-state index contributed by atoms with van der Waals surface area (Å²) >= 11 is 0. The van der Waals surface area contributed by atoms with Crippen molar-refractivity contribution in [3.8, 4) is 0 Å². The summed E-state index contributed by atoms with van der Waals surface area (Å²) in [6.07, 6.45) is -5.77. The highest BCUT2D eigenvalue weighted by Gasteiger charge is 2.31. The number of anilines is 1. The molecule has 1 amide bonds. The number of ether oxygens (including phenoxy) is 1. The molecule has 6 nitrogen and oxygen atoms in total. The summed E-state index contributed by atoms with van der Waals surface area (Å²) < 4.78 is 44.7. The third-order valence-corrected chi connectivity index (χ3v) is 3.84. The molecular weight excluding hydrogens is 351 g/mol. The van der Waals surface area contributed by atoms with E-state index in [2.05, 4.69) is 10.4 Å². The number of nitrogens with zero attached hydrogens (tertiary/aromatic N) is 2. The molecule has 0 bridgehead atoms. The Kier molecular flexibility index (Phi) is 5.38. The zero-order valence-corrected chi connectivity index (χ0v) is 14.6. The molecular formula is C17H18F3N3O3. The molecule has 2 aromatic rings. The molecule has 9 heteroatoms. The van der Waals surface area contributed by atoms with E-state index in [4.69, 9.17) is 4.74 Å². The second-order valence-electron chi connectivity index (χ2n) is 5.78. The van der Waals surface area contributed by atoms with Gasteiger partial charge in [-0.1, -0.05) is 6.07 Å². The van der Waals surface area contributed by atoms with Crippen LogP contribution in [0.1, 0.15) is 34.2 Å². The molecule has 0 spiro atoms. The Labute approximate surface area is 147 Å². The molecule has 1 N–H and O–H groups in total. The molecule has 26 heavy (non-hydrogen) atoms. The van der Waals surface area contributed by atoms with Crippen LogP contribution >= 0.6 is 0 Å². The smallest absolute Gasteiger partial charge is 0.416 e. The van der Waals surface area contributed by atoms with Gasteiger partial charge < -0.3 is 10.1 Å². The van der Waals surface area contributed by atoms with Gasteiger partial charge in [0.1, 0.15) is 0 Å². The summed E-state index contributed by atoms with van der Waals surface area (Å²) in [7, 11) is 1.72. The van der Waals surface area contributed by atoms with Crippen LogP contribution in [-0.2, 0) is 22.8 Å². The highest BCUT2D eigenvalue weighted by molar-refractivity contribution is 5.98.